The van der Waals surface area contributed by atoms with E-state index in [-0.39, 0.29) is 6.61 Å². The van der Waals surface area contributed by atoms with E-state index in [2.05, 4.69) is 11.7 Å². The van der Waals surface area contributed by atoms with Gasteiger partial charge in [0.2, 0.25) is 0 Å². The molecule has 2 N–H and O–H groups in total. The molecule has 150 valence electrons. The van der Waals surface area contributed by atoms with Gasteiger partial charge in [-0.3, -0.25) is 0 Å². The molecule has 0 aliphatic heterocycles. The van der Waals surface area contributed by atoms with Crippen LogP contribution in [0.25, 0.3) is 0 Å². The number of hydrogen-bond donors (Lipinski definition) is 2. The molecule has 0 aromatic carbocycles. The Kier molecular flexibility index (Phi) is 16.8. The molecule has 25 heavy (non-hydrogen) atoms. The molecule has 0 spiro atoms. The fourth-order valence-corrected chi connectivity index (χ4v) is 3.15. The monoisotopic (exact) mass is 378 g/mol. The van der Waals surface area contributed by atoms with E-state index in [4.69, 9.17) is 9.79 Å². The molecular formula is C19H39O5P. The molecule has 0 saturated carbocycles. The van der Waals surface area contributed by atoms with Crippen molar-refractivity contribution in [2.75, 3.05) is 6.61 Å². The van der Waals surface area contributed by atoms with Crippen molar-refractivity contribution in [3.8, 4) is 0 Å². The lowest BCUT2D eigenvalue weighted by atomic mass is 10.0. The fourth-order valence-electron chi connectivity index (χ4n) is 2.89. The zero-order valence-electron chi connectivity index (χ0n) is 16.1. The summed E-state index contributed by atoms with van der Waals surface area (Å²) < 4.78 is 15.1. The molecule has 6 heteroatoms. The zero-order chi connectivity index (χ0) is 18.8. The van der Waals surface area contributed by atoms with Crippen LogP contribution in [-0.4, -0.2) is 22.1 Å². The molecular weight excluding hydrogens is 339 g/mol. The van der Waals surface area contributed by atoms with Crippen LogP contribution in [0.5, 0.6) is 0 Å². The third-order valence-electron chi connectivity index (χ3n) is 4.46. The van der Waals surface area contributed by atoms with Crippen LogP contribution in [0.4, 0.5) is 4.79 Å². The maximum Gasteiger partial charge on any atom is 0.433 e. The first-order valence-corrected chi connectivity index (χ1v) is 11.8. The summed E-state index contributed by atoms with van der Waals surface area (Å²) in [6.07, 6.45) is 20.2. The van der Waals surface area contributed by atoms with Gasteiger partial charge in [-0.1, -0.05) is 103 Å². The number of unbranched alkanes of at least 4 members (excludes halogenated alkanes) is 15. The lowest BCUT2D eigenvalue weighted by molar-refractivity contribution is 0.160. The van der Waals surface area contributed by atoms with Crippen LogP contribution in [-0.2, 0) is 9.30 Å². The predicted octanol–water partition coefficient (Wildman–Crippen LogP) is 6.56. The van der Waals surface area contributed by atoms with Crippen LogP contribution in [0.2, 0.25) is 0 Å². The minimum atomic E-state index is -4.71. The molecule has 0 atom stereocenters. The second-order valence-corrected chi connectivity index (χ2v) is 8.41. The number of rotatable bonds is 18. The van der Waals surface area contributed by atoms with Crippen molar-refractivity contribution in [1.82, 2.24) is 0 Å². The van der Waals surface area contributed by atoms with Gasteiger partial charge in [-0.25, -0.2) is 9.36 Å². The Morgan fingerprint density at radius 2 is 1.00 bits per heavy atom. The van der Waals surface area contributed by atoms with E-state index in [9.17, 15) is 9.36 Å². The van der Waals surface area contributed by atoms with E-state index in [1.54, 1.807) is 0 Å². The Morgan fingerprint density at radius 3 is 1.32 bits per heavy atom. The van der Waals surface area contributed by atoms with E-state index in [0.29, 0.717) is 6.42 Å². The number of hydrogen-bond acceptors (Lipinski definition) is 3. The highest BCUT2D eigenvalue weighted by molar-refractivity contribution is 7.69. The SMILES string of the molecule is CCCCCCCCCCCCCCCCCCOC(=O)P(=O)(O)O. The molecule has 0 unspecified atom stereocenters. The van der Waals surface area contributed by atoms with Gasteiger partial charge in [0, 0.05) is 0 Å². The first-order valence-electron chi connectivity index (χ1n) is 10.2. The molecule has 0 fully saturated rings. The average Bonchev–Trinajstić information content (AvgIpc) is 2.56. The molecule has 0 saturated heterocycles. The van der Waals surface area contributed by atoms with Crippen LogP contribution in [0.1, 0.15) is 110 Å². The lowest BCUT2D eigenvalue weighted by Gasteiger charge is -2.05. The van der Waals surface area contributed by atoms with Crippen molar-refractivity contribution in [2.45, 2.75) is 110 Å². The molecule has 0 heterocycles. The lowest BCUT2D eigenvalue weighted by Crippen LogP contribution is -2.04. The van der Waals surface area contributed by atoms with Crippen molar-refractivity contribution < 1.29 is 23.9 Å². The van der Waals surface area contributed by atoms with E-state index in [0.717, 1.165) is 12.8 Å². The van der Waals surface area contributed by atoms with Gasteiger partial charge >= 0.3 is 13.3 Å². The highest BCUT2D eigenvalue weighted by Crippen LogP contribution is 2.36. The van der Waals surface area contributed by atoms with Crippen LogP contribution in [0.15, 0.2) is 0 Å². The summed E-state index contributed by atoms with van der Waals surface area (Å²) in [5.41, 5.74) is -1.41. The van der Waals surface area contributed by atoms with Crippen molar-refractivity contribution in [2.24, 2.45) is 0 Å². The Morgan fingerprint density at radius 1 is 0.680 bits per heavy atom. The highest BCUT2D eigenvalue weighted by Gasteiger charge is 2.27. The molecule has 0 amide bonds. The maximum absolute atomic E-state index is 10.8. The third kappa shape index (κ3) is 18.2. The van der Waals surface area contributed by atoms with E-state index in [1.807, 2.05) is 0 Å². The first kappa shape index (κ1) is 24.6. The van der Waals surface area contributed by atoms with Crippen molar-refractivity contribution in [3.63, 3.8) is 0 Å². The molecule has 0 aromatic heterocycles. The number of carbonyl (C=O) groups excluding carboxylic acids is 1. The van der Waals surface area contributed by atoms with Gasteiger partial charge in [0.25, 0.3) is 0 Å². The summed E-state index contributed by atoms with van der Waals surface area (Å²) in [6.45, 7) is 2.36. The Labute approximate surface area is 154 Å². The van der Waals surface area contributed by atoms with Gasteiger partial charge in [0.15, 0.2) is 0 Å². The maximum atomic E-state index is 10.8. The molecule has 0 bridgehead atoms. The zero-order valence-corrected chi connectivity index (χ0v) is 17.0. The third-order valence-corrected chi connectivity index (χ3v) is 5.07. The van der Waals surface area contributed by atoms with Gasteiger partial charge in [-0.05, 0) is 6.42 Å². The van der Waals surface area contributed by atoms with Crippen LogP contribution >= 0.6 is 7.60 Å². The van der Waals surface area contributed by atoms with Gasteiger partial charge in [0.05, 0.1) is 6.61 Å². The van der Waals surface area contributed by atoms with Crippen LogP contribution in [0.3, 0.4) is 0 Å². The van der Waals surface area contributed by atoms with Crippen molar-refractivity contribution in [3.05, 3.63) is 0 Å². The largest absolute Gasteiger partial charge is 0.457 e. The summed E-state index contributed by atoms with van der Waals surface area (Å²) >= 11 is 0. The fraction of sp³-hybridized carbons (Fsp3) is 0.947. The normalized spacial score (nSPS) is 11.6. The number of carbonyl (C=O) groups is 1. The van der Waals surface area contributed by atoms with Crippen LogP contribution in [0, 0.1) is 0 Å². The van der Waals surface area contributed by atoms with Crippen molar-refractivity contribution >= 4 is 13.3 Å². The van der Waals surface area contributed by atoms with E-state index < -0.39 is 13.3 Å². The van der Waals surface area contributed by atoms with Crippen molar-refractivity contribution in [1.29, 1.82) is 0 Å². The molecule has 5 nitrogen and oxygen atoms in total. The van der Waals surface area contributed by atoms with Gasteiger partial charge in [-0.15, -0.1) is 0 Å². The molecule has 0 aliphatic carbocycles. The minimum Gasteiger partial charge on any atom is -0.457 e. The Bertz CT molecular complexity index is 354. The first-order chi connectivity index (χ1) is 12.0. The Balaban J connectivity index is 3.12. The standard InChI is InChI=1S/C19H39O5P/c1-2-3-4-5-6-7-8-9-10-11-12-13-14-15-16-17-18-24-19(20)25(21,22)23/h2-18H2,1H3,(H2,21,22,23). The summed E-state index contributed by atoms with van der Waals surface area (Å²) in [5.74, 6) is 0. The second-order valence-electron chi connectivity index (χ2n) is 6.96. The van der Waals surface area contributed by atoms with E-state index in [1.165, 1.54) is 83.5 Å². The molecule has 0 radical (unpaired) electrons. The average molecular weight is 378 g/mol. The minimum absolute atomic E-state index is 0.0996. The highest BCUT2D eigenvalue weighted by atomic mass is 31.2. The Hall–Kier alpha value is -0.380. The summed E-state index contributed by atoms with van der Waals surface area (Å²) in [4.78, 5) is 28.0. The quantitative estimate of drug-likeness (QED) is 0.208. The van der Waals surface area contributed by atoms with Gasteiger partial charge in [0.1, 0.15) is 0 Å². The molecule has 0 aromatic rings. The number of ether oxygens (including phenoxy) is 1. The second kappa shape index (κ2) is 17.1. The smallest absolute Gasteiger partial charge is 0.433 e. The van der Waals surface area contributed by atoms with Crippen LogP contribution < -0.4 is 0 Å². The van der Waals surface area contributed by atoms with E-state index >= 15 is 0 Å². The predicted molar refractivity (Wildman–Crippen MR) is 103 cm³/mol. The summed E-state index contributed by atoms with van der Waals surface area (Å²) in [7, 11) is -4.71. The van der Waals surface area contributed by atoms with Gasteiger partial charge < -0.3 is 14.5 Å². The summed E-state index contributed by atoms with van der Waals surface area (Å²) in [5, 5.41) is 0. The topological polar surface area (TPSA) is 83.8 Å². The summed E-state index contributed by atoms with van der Waals surface area (Å²) in [6, 6.07) is 0. The molecule has 0 aliphatic rings. The van der Waals surface area contributed by atoms with Gasteiger partial charge in [-0.2, -0.15) is 0 Å². The molecule has 0 rings (SSSR count).